The molecule has 3 aromatic heterocycles. The number of nitriles is 1. The van der Waals surface area contributed by atoms with Crippen molar-refractivity contribution in [1.29, 1.82) is 5.26 Å². The van der Waals surface area contributed by atoms with Gasteiger partial charge in [-0.1, -0.05) is 18.3 Å². The summed E-state index contributed by atoms with van der Waals surface area (Å²) in [5, 5.41) is 34.7. The van der Waals surface area contributed by atoms with Crippen molar-refractivity contribution in [2.24, 2.45) is 0 Å². The van der Waals surface area contributed by atoms with Gasteiger partial charge in [-0.3, -0.25) is 0 Å². The maximum Gasteiger partial charge on any atom is 0.222 e. The van der Waals surface area contributed by atoms with E-state index in [1.54, 1.807) is 18.2 Å². The molecule has 12 heteroatoms. The molecule has 0 aliphatic carbocycles. The Labute approximate surface area is 222 Å². The summed E-state index contributed by atoms with van der Waals surface area (Å²) >= 11 is 1.22. The van der Waals surface area contributed by atoms with Crippen LogP contribution < -0.4 is 9.80 Å². The second-order valence-electron chi connectivity index (χ2n) is 9.28. The first kappa shape index (κ1) is 26.0. The highest BCUT2D eigenvalue weighted by atomic mass is 32.1. The Morgan fingerprint density at radius 3 is 2.45 bits per heavy atom. The largest absolute Gasteiger partial charge is 0.366 e. The van der Waals surface area contributed by atoms with E-state index in [0.29, 0.717) is 65.1 Å². The summed E-state index contributed by atoms with van der Waals surface area (Å²) in [6.07, 6.45) is 1.94. The number of fused-ring (bicyclic) bond motifs is 1. The fraction of sp³-hybridized carbons (Fsp3) is 0.346. The van der Waals surface area contributed by atoms with Crippen LogP contribution in [0.3, 0.4) is 0 Å². The van der Waals surface area contributed by atoms with E-state index in [1.165, 1.54) is 46.0 Å². The second-order valence-corrected chi connectivity index (χ2v) is 10.3. The minimum Gasteiger partial charge on any atom is -0.366 e. The summed E-state index contributed by atoms with van der Waals surface area (Å²) in [7, 11) is 1.83. The van der Waals surface area contributed by atoms with Gasteiger partial charge in [-0.05, 0) is 36.8 Å². The van der Waals surface area contributed by atoms with Gasteiger partial charge in [0.2, 0.25) is 5.91 Å². The van der Waals surface area contributed by atoms with Crippen LogP contribution in [0, 0.1) is 23.0 Å². The summed E-state index contributed by atoms with van der Waals surface area (Å²) in [5.74, 6) is -2.72. The van der Waals surface area contributed by atoms with Crippen LogP contribution in [0.5, 0.6) is 0 Å². The number of hydrogen-bond acceptors (Lipinski definition) is 9. The Hall–Kier alpha value is -3.63. The maximum atomic E-state index is 15.2. The van der Waals surface area contributed by atoms with Gasteiger partial charge in [0.05, 0.1) is 28.8 Å². The van der Waals surface area contributed by atoms with Gasteiger partial charge >= 0.3 is 0 Å². The number of rotatable bonds is 6. The van der Waals surface area contributed by atoms with Crippen molar-refractivity contribution in [2.45, 2.75) is 26.2 Å². The van der Waals surface area contributed by atoms with E-state index in [4.69, 9.17) is 4.98 Å². The van der Waals surface area contributed by atoms with Crippen LogP contribution in [-0.2, 0) is 6.42 Å². The number of pyridine rings is 1. The van der Waals surface area contributed by atoms with Gasteiger partial charge in [-0.15, -0.1) is 0 Å². The number of anilines is 3. The van der Waals surface area contributed by atoms with Crippen molar-refractivity contribution < 1.29 is 19.0 Å². The number of aliphatic hydroxyl groups is 2. The van der Waals surface area contributed by atoms with Gasteiger partial charge < -0.3 is 20.0 Å². The number of benzene rings is 1. The number of thiazole rings is 1. The molecule has 4 aromatic rings. The highest BCUT2D eigenvalue weighted by Gasteiger charge is 2.31. The predicted molar refractivity (Wildman–Crippen MR) is 141 cm³/mol. The maximum absolute atomic E-state index is 15.2. The molecule has 0 spiro atoms. The Kier molecular flexibility index (Phi) is 6.79. The van der Waals surface area contributed by atoms with E-state index < -0.39 is 11.7 Å². The highest BCUT2D eigenvalue weighted by molar-refractivity contribution is 7.16. The molecule has 1 saturated heterocycles. The molecule has 1 aliphatic heterocycles. The van der Waals surface area contributed by atoms with Gasteiger partial charge in [-0.2, -0.15) is 10.4 Å². The summed E-state index contributed by atoms with van der Waals surface area (Å²) < 4.78 is 30.2. The van der Waals surface area contributed by atoms with Gasteiger partial charge in [0.15, 0.2) is 10.9 Å². The van der Waals surface area contributed by atoms with Crippen molar-refractivity contribution in [3.05, 3.63) is 58.7 Å². The van der Waals surface area contributed by atoms with Crippen molar-refractivity contribution in [1.82, 2.24) is 19.5 Å². The molecular formula is C26H27F2N7O2S. The molecule has 38 heavy (non-hydrogen) atoms. The van der Waals surface area contributed by atoms with E-state index in [2.05, 4.69) is 11.2 Å². The number of halogens is 2. The molecule has 0 atom stereocenters. The first-order valence-corrected chi connectivity index (χ1v) is 13.0. The average Bonchev–Trinajstić information content (AvgIpc) is 3.49. The predicted octanol–water partition coefficient (Wildman–Crippen LogP) is 3.72. The third kappa shape index (κ3) is 4.69. The minimum absolute atomic E-state index is 0.364. The zero-order valence-electron chi connectivity index (χ0n) is 21.2. The molecule has 0 amide bonds. The number of aromatic nitrogens is 3. The fourth-order valence-electron chi connectivity index (χ4n) is 4.74. The van der Waals surface area contributed by atoms with E-state index in [-0.39, 0.29) is 5.82 Å². The lowest BCUT2D eigenvalue weighted by molar-refractivity contribution is -0.251. The van der Waals surface area contributed by atoms with Crippen LogP contribution in [0.1, 0.15) is 24.4 Å². The standard InChI is InChI=1S/C26H27F2N7O2S/c1-4-19-24(32(3)25-30-23(22(14-29)38-25)16-5-7-17(27)8-6-16)21-13-20(18(28)15-35(21)31-19)33-9-11-34(12-10-33)26(2,36)37/h5-8,13,15,36-37H,4,9-12H2,1-3H3. The lowest BCUT2D eigenvalue weighted by atomic mass is 10.1. The molecule has 0 radical (unpaired) electrons. The first-order chi connectivity index (χ1) is 18.1. The molecular weight excluding hydrogens is 512 g/mol. The van der Waals surface area contributed by atoms with Crippen LogP contribution in [0.25, 0.3) is 16.8 Å². The van der Waals surface area contributed by atoms with Gasteiger partial charge in [-0.25, -0.2) is 23.2 Å². The Bertz CT molecular complexity index is 1510. The Balaban J connectivity index is 1.53. The third-order valence-electron chi connectivity index (χ3n) is 6.76. The summed E-state index contributed by atoms with van der Waals surface area (Å²) in [4.78, 5) is 10.4. The first-order valence-electron chi connectivity index (χ1n) is 12.2. The van der Waals surface area contributed by atoms with E-state index >= 15 is 4.39 Å². The number of nitrogens with zero attached hydrogens (tertiary/aromatic N) is 7. The molecule has 4 heterocycles. The summed E-state index contributed by atoms with van der Waals surface area (Å²) in [6, 6.07) is 9.78. The molecule has 0 unspecified atom stereocenters. The second kappa shape index (κ2) is 9.92. The average molecular weight is 540 g/mol. The van der Waals surface area contributed by atoms with Crippen LogP contribution in [-0.4, -0.2) is 68.8 Å². The third-order valence-corrected chi connectivity index (χ3v) is 7.79. The quantitative estimate of drug-likeness (QED) is 0.358. The fourth-order valence-corrected chi connectivity index (χ4v) is 5.59. The normalized spacial score (nSPS) is 14.7. The van der Waals surface area contributed by atoms with E-state index in [1.807, 2.05) is 23.8 Å². The zero-order valence-corrected chi connectivity index (χ0v) is 22.0. The van der Waals surface area contributed by atoms with Crippen molar-refractivity contribution in [3.63, 3.8) is 0 Å². The molecule has 198 valence electrons. The zero-order chi connectivity index (χ0) is 27.2. The van der Waals surface area contributed by atoms with E-state index in [0.717, 1.165) is 11.4 Å². The monoisotopic (exact) mass is 539 g/mol. The lowest BCUT2D eigenvalue weighted by Gasteiger charge is -2.40. The van der Waals surface area contributed by atoms with Crippen molar-refractivity contribution in [2.75, 3.05) is 43.0 Å². The molecule has 0 bridgehead atoms. The topological polar surface area (TPSA) is 104 Å². The number of aryl methyl sites for hydroxylation is 1. The van der Waals surface area contributed by atoms with Gasteiger partial charge in [0.25, 0.3) is 0 Å². The van der Waals surface area contributed by atoms with E-state index in [9.17, 15) is 19.9 Å². The van der Waals surface area contributed by atoms with Gasteiger partial charge in [0, 0.05) is 45.7 Å². The smallest absolute Gasteiger partial charge is 0.222 e. The van der Waals surface area contributed by atoms with Crippen molar-refractivity contribution >= 4 is 33.4 Å². The lowest BCUT2D eigenvalue weighted by Crippen LogP contribution is -2.56. The van der Waals surface area contributed by atoms with Crippen molar-refractivity contribution in [3.8, 4) is 17.3 Å². The number of hydrogen-bond donors (Lipinski definition) is 2. The van der Waals surface area contributed by atoms with Crippen LogP contribution in [0.2, 0.25) is 0 Å². The summed E-state index contributed by atoms with van der Waals surface area (Å²) in [5.41, 5.74) is 3.67. The minimum atomic E-state index is -1.92. The molecule has 1 aliphatic rings. The molecule has 1 fully saturated rings. The Morgan fingerprint density at radius 1 is 1.16 bits per heavy atom. The van der Waals surface area contributed by atoms with Crippen LogP contribution >= 0.6 is 11.3 Å². The highest BCUT2D eigenvalue weighted by Crippen LogP contribution is 2.39. The van der Waals surface area contributed by atoms with Crippen LogP contribution in [0.15, 0.2) is 36.5 Å². The molecule has 1 aromatic carbocycles. The SMILES string of the molecule is CCc1nn2cc(F)c(N3CCN(C(C)(O)O)CC3)cc2c1N(C)c1nc(-c2ccc(F)cc2)c(C#N)s1. The molecule has 9 nitrogen and oxygen atoms in total. The Morgan fingerprint density at radius 2 is 1.84 bits per heavy atom. The molecule has 0 saturated carbocycles. The van der Waals surface area contributed by atoms with Crippen LogP contribution in [0.4, 0.5) is 25.3 Å². The molecule has 5 rings (SSSR count). The van der Waals surface area contributed by atoms with Gasteiger partial charge in [0.1, 0.15) is 22.5 Å². The molecule has 2 N–H and O–H groups in total. The number of piperazine rings is 1. The summed E-state index contributed by atoms with van der Waals surface area (Å²) in [6.45, 7) is 4.84.